The summed E-state index contributed by atoms with van der Waals surface area (Å²) in [6, 6.07) is 5.01. The third kappa shape index (κ3) is 1.42. The van der Waals surface area contributed by atoms with E-state index in [0.29, 0.717) is 0 Å². The van der Waals surface area contributed by atoms with Gasteiger partial charge in [0.05, 0.1) is 10.3 Å². The summed E-state index contributed by atoms with van der Waals surface area (Å²) in [6.07, 6.45) is 2.07. The lowest BCUT2D eigenvalue weighted by Crippen LogP contribution is -2.16. The van der Waals surface area contributed by atoms with Crippen molar-refractivity contribution in [3.63, 3.8) is 0 Å². The molecule has 4 heteroatoms. The van der Waals surface area contributed by atoms with E-state index < -0.39 is 0 Å². The molecule has 0 atom stereocenters. The summed E-state index contributed by atoms with van der Waals surface area (Å²) >= 11 is 0. The molecule has 1 aromatic rings. The van der Waals surface area contributed by atoms with Crippen molar-refractivity contribution in [2.45, 2.75) is 19.3 Å². The lowest BCUT2D eigenvalue weighted by molar-refractivity contribution is -0.398. The zero-order valence-electron chi connectivity index (χ0n) is 9.02. The van der Waals surface area contributed by atoms with Crippen LogP contribution >= 0.6 is 0 Å². The number of nitro benzene ring substituents is 1. The minimum Gasteiger partial charge on any atom is -0.258 e. The Morgan fingerprint density at radius 2 is 2.07 bits per heavy atom. The molecule has 0 aliphatic carbocycles. The second-order valence-corrected chi connectivity index (χ2v) is 4.42. The average Bonchev–Trinajstić information content (AvgIpc) is 2.37. The van der Waals surface area contributed by atoms with Crippen LogP contribution in [0.1, 0.15) is 19.4 Å². The van der Waals surface area contributed by atoms with Crippen molar-refractivity contribution >= 4 is 17.6 Å². The molecule has 0 spiro atoms. The third-order valence-electron chi connectivity index (χ3n) is 2.78. The fourth-order valence-corrected chi connectivity index (χ4v) is 2.08. The van der Waals surface area contributed by atoms with Gasteiger partial charge in [0.2, 0.25) is 5.69 Å². The Morgan fingerprint density at radius 1 is 1.40 bits per heavy atom. The highest BCUT2D eigenvalue weighted by Gasteiger charge is 2.36. The van der Waals surface area contributed by atoms with Crippen LogP contribution in [-0.4, -0.2) is 22.8 Å². The molecule has 0 unspecified atom stereocenters. The molecule has 0 radical (unpaired) electrons. The Labute approximate surface area is 88.0 Å². The van der Waals surface area contributed by atoms with Crippen LogP contribution in [0.15, 0.2) is 18.2 Å². The van der Waals surface area contributed by atoms with Gasteiger partial charge in [-0.05, 0) is 13.8 Å². The number of nitro groups is 1. The van der Waals surface area contributed by atoms with Crippen LogP contribution in [0.2, 0.25) is 0 Å². The molecule has 0 N–H and O–H groups in total. The molecule has 1 heterocycles. The van der Waals surface area contributed by atoms with Gasteiger partial charge < -0.3 is 0 Å². The first kappa shape index (κ1) is 9.83. The lowest BCUT2D eigenvalue weighted by Gasteiger charge is -2.10. The number of non-ortho nitro benzene ring substituents is 1. The Hall–Kier alpha value is -1.71. The maximum Gasteiger partial charge on any atom is 0.270 e. The topological polar surface area (TPSA) is 46.1 Å². The first-order chi connectivity index (χ1) is 6.92. The van der Waals surface area contributed by atoms with Gasteiger partial charge in [-0.3, -0.25) is 10.1 Å². The van der Waals surface area contributed by atoms with E-state index in [9.17, 15) is 10.1 Å². The highest BCUT2D eigenvalue weighted by molar-refractivity contribution is 5.77. The molecule has 1 aliphatic heterocycles. The van der Waals surface area contributed by atoms with Crippen LogP contribution in [0.5, 0.6) is 0 Å². The number of fused-ring (bicyclic) bond motifs is 1. The maximum atomic E-state index is 10.7. The highest BCUT2D eigenvalue weighted by Crippen LogP contribution is 2.37. The monoisotopic (exact) mass is 205 g/mol. The number of rotatable bonds is 1. The predicted molar refractivity (Wildman–Crippen MR) is 58.0 cm³/mol. The van der Waals surface area contributed by atoms with Crippen LogP contribution < -0.4 is 0 Å². The van der Waals surface area contributed by atoms with Gasteiger partial charge in [-0.15, -0.1) is 0 Å². The summed E-state index contributed by atoms with van der Waals surface area (Å²) in [7, 11) is 1.96. The normalized spacial score (nSPS) is 17.1. The van der Waals surface area contributed by atoms with Crippen molar-refractivity contribution in [3.05, 3.63) is 33.9 Å². The predicted octanol–water partition coefficient (Wildman–Crippen LogP) is 2.23. The lowest BCUT2D eigenvalue weighted by atomic mass is 9.87. The summed E-state index contributed by atoms with van der Waals surface area (Å²) < 4.78 is 2.01. The molecule has 4 nitrogen and oxygen atoms in total. The van der Waals surface area contributed by atoms with Crippen LogP contribution in [0, 0.1) is 10.1 Å². The quantitative estimate of drug-likeness (QED) is 0.401. The zero-order valence-corrected chi connectivity index (χ0v) is 9.02. The summed E-state index contributed by atoms with van der Waals surface area (Å²) in [5.41, 5.74) is 2.09. The molecular formula is C11H13N2O2+. The number of benzene rings is 1. The summed E-state index contributed by atoms with van der Waals surface area (Å²) in [5.74, 6) is 0. The molecule has 0 fully saturated rings. The smallest absolute Gasteiger partial charge is 0.258 e. The van der Waals surface area contributed by atoms with E-state index in [0.717, 1.165) is 11.3 Å². The number of hydrogen-bond acceptors (Lipinski definition) is 2. The van der Waals surface area contributed by atoms with Gasteiger partial charge in [0.25, 0.3) is 5.69 Å². The van der Waals surface area contributed by atoms with E-state index in [4.69, 9.17) is 0 Å². The van der Waals surface area contributed by atoms with E-state index in [1.165, 1.54) is 0 Å². The standard InChI is InChI=1S/C11H13N2O2/c1-11(2)7-12(3)10-5-4-8(13(14)15)6-9(10)11/h4-7H,1-3H3/q+1. The molecule has 1 aromatic carbocycles. The Bertz CT molecular complexity index is 475. The van der Waals surface area contributed by atoms with Crippen molar-refractivity contribution < 1.29 is 9.50 Å². The van der Waals surface area contributed by atoms with Gasteiger partial charge in [-0.2, -0.15) is 0 Å². The first-order valence-electron chi connectivity index (χ1n) is 4.79. The van der Waals surface area contributed by atoms with E-state index in [1.54, 1.807) is 18.2 Å². The van der Waals surface area contributed by atoms with Crippen molar-refractivity contribution in [3.8, 4) is 0 Å². The molecule has 0 amide bonds. The molecule has 0 bridgehead atoms. The second-order valence-electron chi connectivity index (χ2n) is 4.42. The van der Waals surface area contributed by atoms with Crippen molar-refractivity contribution in [2.75, 3.05) is 7.05 Å². The summed E-state index contributed by atoms with van der Waals surface area (Å²) in [5, 5.41) is 10.7. The molecule has 1 aliphatic rings. The van der Waals surface area contributed by atoms with Gasteiger partial charge in [-0.25, -0.2) is 4.58 Å². The van der Waals surface area contributed by atoms with Gasteiger partial charge in [-0.1, -0.05) is 0 Å². The Kier molecular flexibility index (Phi) is 1.89. The van der Waals surface area contributed by atoms with E-state index in [-0.39, 0.29) is 16.0 Å². The average molecular weight is 205 g/mol. The second kappa shape index (κ2) is 2.89. The van der Waals surface area contributed by atoms with E-state index >= 15 is 0 Å². The fourth-order valence-electron chi connectivity index (χ4n) is 2.08. The fraction of sp³-hybridized carbons (Fsp3) is 0.364. The Morgan fingerprint density at radius 3 is 2.67 bits per heavy atom. The van der Waals surface area contributed by atoms with E-state index in [1.807, 2.05) is 11.6 Å². The molecule has 0 saturated heterocycles. The minimum atomic E-state index is -0.353. The minimum absolute atomic E-state index is 0.129. The molecule has 2 rings (SSSR count). The maximum absolute atomic E-state index is 10.7. The Balaban J connectivity index is 2.62. The zero-order chi connectivity index (χ0) is 11.2. The first-order valence-corrected chi connectivity index (χ1v) is 4.79. The van der Waals surface area contributed by atoms with Crippen molar-refractivity contribution in [2.24, 2.45) is 0 Å². The SMILES string of the molecule is C[N+]1=CC(C)(C)c2cc([N+](=O)[O-])ccc21. The van der Waals surface area contributed by atoms with Gasteiger partial charge in [0.1, 0.15) is 7.05 Å². The number of nitrogens with zero attached hydrogens (tertiary/aromatic N) is 2. The highest BCUT2D eigenvalue weighted by atomic mass is 16.6. The van der Waals surface area contributed by atoms with Crippen LogP contribution in [0.3, 0.4) is 0 Å². The van der Waals surface area contributed by atoms with Gasteiger partial charge in [0.15, 0.2) is 6.21 Å². The number of hydrogen-bond donors (Lipinski definition) is 0. The molecule has 15 heavy (non-hydrogen) atoms. The van der Waals surface area contributed by atoms with Crippen LogP contribution in [0.4, 0.5) is 11.4 Å². The van der Waals surface area contributed by atoms with Crippen molar-refractivity contribution in [1.82, 2.24) is 0 Å². The van der Waals surface area contributed by atoms with E-state index in [2.05, 4.69) is 20.1 Å². The molecule has 0 saturated carbocycles. The molecular weight excluding hydrogens is 192 g/mol. The summed E-state index contributed by atoms with van der Waals surface area (Å²) in [4.78, 5) is 10.3. The molecule has 0 aromatic heterocycles. The van der Waals surface area contributed by atoms with Crippen LogP contribution in [-0.2, 0) is 5.41 Å². The van der Waals surface area contributed by atoms with Gasteiger partial charge >= 0.3 is 0 Å². The summed E-state index contributed by atoms with van der Waals surface area (Å²) in [6.45, 7) is 4.11. The van der Waals surface area contributed by atoms with Gasteiger partial charge in [0, 0.05) is 23.8 Å². The third-order valence-corrected chi connectivity index (χ3v) is 2.78. The largest absolute Gasteiger partial charge is 0.270 e. The van der Waals surface area contributed by atoms with Crippen molar-refractivity contribution in [1.29, 1.82) is 0 Å². The van der Waals surface area contributed by atoms with Crippen LogP contribution in [0.25, 0.3) is 0 Å². The molecule has 78 valence electrons.